The molecule has 154 valence electrons. The van der Waals surface area contributed by atoms with Crippen LogP contribution in [0.1, 0.15) is 33.6 Å². The number of carbonyl (C=O) groups excluding carboxylic acids is 2. The van der Waals surface area contributed by atoms with Crippen LogP contribution in [-0.4, -0.2) is 49.1 Å². The molecule has 1 aliphatic heterocycles. The normalized spacial score (nSPS) is 18.7. The molecule has 29 heavy (non-hydrogen) atoms. The van der Waals surface area contributed by atoms with Gasteiger partial charge in [-0.1, -0.05) is 11.6 Å². The maximum atomic E-state index is 13.4. The maximum Gasteiger partial charge on any atom is 0.253 e. The number of nitrogens with one attached hydrogen (secondary N) is 1. The van der Waals surface area contributed by atoms with E-state index in [2.05, 4.69) is 5.32 Å². The van der Waals surface area contributed by atoms with Crippen LogP contribution in [0.3, 0.4) is 0 Å². The van der Waals surface area contributed by atoms with Gasteiger partial charge in [0.1, 0.15) is 11.6 Å². The molecule has 1 N–H and O–H groups in total. The van der Waals surface area contributed by atoms with Crippen LogP contribution in [0.25, 0.3) is 0 Å². The van der Waals surface area contributed by atoms with Crippen LogP contribution in [-0.2, 0) is 4.74 Å². The number of ether oxygens (including phenoxy) is 1. The average Bonchev–Trinajstić information content (AvgIpc) is 3.12. The molecule has 0 radical (unpaired) electrons. The average molecular weight is 423 g/mol. The number of hydrogen-bond acceptors (Lipinski definition) is 3. The molecule has 8 heteroatoms. The second-order valence-corrected chi connectivity index (χ2v) is 7.50. The summed E-state index contributed by atoms with van der Waals surface area (Å²) in [6, 6.07) is 9.10. The van der Waals surface area contributed by atoms with Gasteiger partial charge in [0.15, 0.2) is 0 Å². The fraction of sp³-hybridized carbons (Fsp3) is 0.333. The van der Waals surface area contributed by atoms with Gasteiger partial charge in [-0.2, -0.15) is 0 Å². The van der Waals surface area contributed by atoms with Gasteiger partial charge >= 0.3 is 0 Å². The van der Waals surface area contributed by atoms with Gasteiger partial charge in [0.2, 0.25) is 0 Å². The van der Waals surface area contributed by atoms with Crippen molar-refractivity contribution in [2.24, 2.45) is 0 Å². The molecular formula is C21H21ClF2N2O3. The minimum absolute atomic E-state index is 0.120. The summed E-state index contributed by atoms with van der Waals surface area (Å²) in [6.45, 7) is 1.09. The number of hydrogen-bond donors (Lipinski definition) is 1. The zero-order chi connectivity index (χ0) is 21.0. The standard InChI is InChI=1S/C21H21ClF2N2O3/c1-29-11-9-21(25-19(27)14-2-5-16(23)6-3-14)8-10-26(13-21)20(28)15-4-7-18(24)17(22)12-15/h2-7,12H,8-11,13H2,1H3,(H,25,27). The fourth-order valence-electron chi connectivity index (χ4n) is 3.44. The van der Waals surface area contributed by atoms with Crippen LogP contribution in [0.5, 0.6) is 0 Å². The van der Waals surface area contributed by atoms with E-state index in [9.17, 15) is 18.4 Å². The molecular weight excluding hydrogens is 402 g/mol. The summed E-state index contributed by atoms with van der Waals surface area (Å²) in [7, 11) is 1.56. The van der Waals surface area contributed by atoms with Gasteiger partial charge in [-0.25, -0.2) is 8.78 Å². The molecule has 0 spiro atoms. The molecule has 2 amide bonds. The van der Waals surface area contributed by atoms with Crippen LogP contribution in [0.15, 0.2) is 42.5 Å². The molecule has 1 unspecified atom stereocenters. The second-order valence-electron chi connectivity index (χ2n) is 7.09. The van der Waals surface area contributed by atoms with E-state index < -0.39 is 17.2 Å². The van der Waals surface area contributed by atoms with Gasteiger partial charge in [0.25, 0.3) is 11.8 Å². The number of halogens is 3. The molecule has 2 aromatic carbocycles. The number of amides is 2. The van der Waals surface area contributed by atoms with Crippen molar-refractivity contribution in [3.63, 3.8) is 0 Å². The van der Waals surface area contributed by atoms with E-state index in [1.54, 1.807) is 12.0 Å². The van der Waals surface area contributed by atoms with Gasteiger partial charge in [-0.05, 0) is 55.3 Å². The first kappa shape index (κ1) is 21.2. The molecule has 0 saturated carbocycles. The van der Waals surface area contributed by atoms with Crippen molar-refractivity contribution < 1.29 is 23.1 Å². The van der Waals surface area contributed by atoms with Crippen LogP contribution >= 0.6 is 11.6 Å². The summed E-state index contributed by atoms with van der Waals surface area (Å²) in [4.78, 5) is 27.1. The van der Waals surface area contributed by atoms with Crippen LogP contribution in [0.4, 0.5) is 8.78 Å². The van der Waals surface area contributed by atoms with Gasteiger partial charge in [0, 0.05) is 37.9 Å². The Kier molecular flexibility index (Phi) is 6.49. The monoisotopic (exact) mass is 422 g/mol. The van der Waals surface area contributed by atoms with E-state index in [1.165, 1.54) is 36.4 Å². The molecule has 1 atom stereocenters. The minimum Gasteiger partial charge on any atom is -0.385 e. The summed E-state index contributed by atoms with van der Waals surface area (Å²) in [5, 5.41) is 2.88. The van der Waals surface area contributed by atoms with E-state index in [1.807, 2.05) is 0 Å². The van der Waals surface area contributed by atoms with Gasteiger partial charge < -0.3 is 15.0 Å². The van der Waals surface area contributed by atoms with Crippen molar-refractivity contribution in [1.29, 1.82) is 0 Å². The van der Waals surface area contributed by atoms with Gasteiger partial charge in [-0.3, -0.25) is 9.59 Å². The minimum atomic E-state index is -0.680. The highest BCUT2D eigenvalue weighted by Crippen LogP contribution is 2.28. The smallest absolute Gasteiger partial charge is 0.253 e. The predicted molar refractivity (Wildman–Crippen MR) is 105 cm³/mol. The largest absolute Gasteiger partial charge is 0.385 e. The number of rotatable bonds is 6. The predicted octanol–water partition coefficient (Wildman–Crippen LogP) is 3.67. The lowest BCUT2D eigenvalue weighted by Crippen LogP contribution is -2.51. The third-order valence-electron chi connectivity index (χ3n) is 5.08. The summed E-state index contributed by atoms with van der Waals surface area (Å²) in [5.74, 6) is -1.65. The van der Waals surface area contributed by atoms with Gasteiger partial charge in [-0.15, -0.1) is 0 Å². The number of nitrogens with zero attached hydrogens (tertiary/aromatic N) is 1. The van der Waals surface area contributed by atoms with Gasteiger partial charge in [0.05, 0.1) is 10.6 Å². The third kappa shape index (κ3) is 4.92. The van der Waals surface area contributed by atoms with Crippen molar-refractivity contribution >= 4 is 23.4 Å². The molecule has 0 aliphatic carbocycles. The Hall–Kier alpha value is -2.51. The van der Waals surface area contributed by atoms with Crippen molar-refractivity contribution in [1.82, 2.24) is 10.2 Å². The number of likely N-dealkylation sites (tertiary alicyclic amines) is 1. The number of carbonyl (C=O) groups is 2. The highest BCUT2D eigenvalue weighted by atomic mass is 35.5. The molecule has 1 saturated heterocycles. The Bertz CT molecular complexity index is 907. The molecule has 1 aliphatic rings. The van der Waals surface area contributed by atoms with Crippen molar-refractivity contribution in [2.45, 2.75) is 18.4 Å². The summed E-state index contributed by atoms with van der Waals surface area (Å²) in [6.07, 6.45) is 1.04. The van der Waals surface area contributed by atoms with E-state index in [-0.39, 0.29) is 28.9 Å². The molecule has 0 aromatic heterocycles. The Morgan fingerprint density at radius 3 is 2.52 bits per heavy atom. The SMILES string of the molecule is COCCC1(NC(=O)c2ccc(F)cc2)CCN(C(=O)c2ccc(F)c(Cl)c2)C1. The molecule has 2 aromatic rings. The zero-order valence-electron chi connectivity index (χ0n) is 15.9. The summed E-state index contributed by atoms with van der Waals surface area (Å²) >= 11 is 5.79. The molecule has 0 bridgehead atoms. The highest BCUT2D eigenvalue weighted by Gasteiger charge is 2.41. The Balaban J connectivity index is 1.76. The molecule has 1 fully saturated rings. The molecule has 1 heterocycles. The highest BCUT2D eigenvalue weighted by molar-refractivity contribution is 6.31. The number of benzene rings is 2. The van der Waals surface area contributed by atoms with Crippen molar-refractivity contribution in [3.05, 3.63) is 70.2 Å². The summed E-state index contributed by atoms with van der Waals surface area (Å²) in [5.41, 5.74) is -0.0666. The van der Waals surface area contributed by atoms with E-state index in [0.717, 1.165) is 6.07 Å². The molecule has 5 nitrogen and oxygen atoms in total. The second kappa shape index (κ2) is 8.88. The first-order chi connectivity index (χ1) is 13.8. The van der Waals surface area contributed by atoms with Crippen molar-refractivity contribution in [2.75, 3.05) is 26.8 Å². The van der Waals surface area contributed by atoms with E-state index >= 15 is 0 Å². The third-order valence-corrected chi connectivity index (χ3v) is 5.37. The first-order valence-corrected chi connectivity index (χ1v) is 9.53. The van der Waals surface area contributed by atoms with Crippen LogP contribution < -0.4 is 5.32 Å². The number of methoxy groups -OCH3 is 1. The molecule has 3 rings (SSSR count). The lowest BCUT2D eigenvalue weighted by molar-refractivity contribution is 0.0747. The van der Waals surface area contributed by atoms with Crippen LogP contribution in [0, 0.1) is 11.6 Å². The van der Waals surface area contributed by atoms with Crippen molar-refractivity contribution in [3.8, 4) is 0 Å². The quantitative estimate of drug-likeness (QED) is 0.772. The lowest BCUT2D eigenvalue weighted by Gasteiger charge is -2.30. The van der Waals surface area contributed by atoms with E-state index in [4.69, 9.17) is 16.3 Å². The topological polar surface area (TPSA) is 58.6 Å². The lowest BCUT2D eigenvalue weighted by atomic mass is 9.93. The Morgan fingerprint density at radius 1 is 1.17 bits per heavy atom. The summed E-state index contributed by atoms with van der Waals surface area (Å²) < 4.78 is 31.7. The van der Waals surface area contributed by atoms with E-state index in [0.29, 0.717) is 31.6 Å². The van der Waals surface area contributed by atoms with Crippen LogP contribution in [0.2, 0.25) is 5.02 Å². The Labute approximate surface area is 172 Å². The maximum absolute atomic E-state index is 13.4. The first-order valence-electron chi connectivity index (χ1n) is 9.15. The Morgan fingerprint density at radius 2 is 1.86 bits per heavy atom. The fourth-order valence-corrected chi connectivity index (χ4v) is 3.62. The zero-order valence-corrected chi connectivity index (χ0v) is 16.6.